The van der Waals surface area contributed by atoms with Crippen LogP contribution in [0.15, 0.2) is 36.8 Å². The molecule has 7 nitrogen and oxygen atoms in total. The van der Waals surface area contributed by atoms with E-state index >= 15 is 0 Å². The Hall–Kier alpha value is -2.41. The largest absolute Gasteiger partial charge is 0.371 e. The summed E-state index contributed by atoms with van der Waals surface area (Å²) in [6, 6.07) is 5.51. The number of hydrogen-bond acceptors (Lipinski definition) is 5. The number of nitrogens with one attached hydrogen (secondary N) is 1. The first-order chi connectivity index (χ1) is 11.7. The highest BCUT2D eigenvalue weighted by atomic mass is 16.5. The van der Waals surface area contributed by atoms with Gasteiger partial charge < -0.3 is 19.5 Å². The van der Waals surface area contributed by atoms with Crippen molar-refractivity contribution < 1.29 is 9.53 Å². The summed E-state index contributed by atoms with van der Waals surface area (Å²) in [6.07, 6.45) is 6.64. The summed E-state index contributed by atoms with van der Waals surface area (Å²) in [7, 11) is 1.87. The molecule has 0 bridgehead atoms. The number of hydrogen-bond donors (Lipinski definition) is 1. The van der Waals surface area contributed by atoms with Crippen LogP contribution >= 0.6 is 0 Å². The van der Waals surface area contributed by atoms with Crippen molar-refractivity contribution in [2.75, 3.05) is 24.5 Å². The number of fused-ring (bicyclic) bond motifs is 1. The van der Waals surface area contributed by atoms with Gasteiger partial charge in [0.05, 0.1) is 12.2 Å². The third kappa shape index (κ3) is 2.87. The van der Waals surface area contributed by atoms with Gasteiger partial charge in [0.2, 0.25) is 5.95 Å². The van der Waals surface area contributed by atoms with Gasteiger partial charge >= 0.3 is 0 Å². The standard InChI is InChI=1S/C17H21N5O2/c1-21-7-2-4-14(21)16(23)20-9-13-8-12-10-22(11-15(12)24-13)17-18-5-3-6-19-17/h2-7,12-13,15H,8-11H2,1H3,(H,20,23)/t12-,13-,15+/m0/s1. The minimum absolute atomic E-state index is 0.0533. The van der Waals surface area contributed by atoms with Crippen molar-refractivity contribution in [2.24, 2.45) is 13.0 Å². The molecule has 2 aromatic heterocycles. The number of ether oxygens (including phenoxy) is 1. The lowest BCUT2D eigenvalue weighted by Gasteiger charge is -2.19. The van der Waals surface area contributed by atoms with Crippen molar-refractivity contribution in [1.82, 2.24) is 19.9 Å². The molecule has 2 aromatic rings. The summed E-state index contributed by atoms with van der Waals surface area (Å²) in [5, 5.41) is 2.98. The summed E-state index contributed by atoms with van der Waals surface area (Å²) in [5.74, 6) is 1.19. The van der Waals surface area contributed by atoms with Gasteiger partial charge in [-0.3, -0.25) is 4.79 Å². The Bertz CT molecular complexity index is 703. The molecule has 24 heavy (non-hydrogen) atoms. The smallest absolute Gasteiger partial charge is 0.267 e. The second-order valence-electron chi connectivity index (χ2n) is 6.46. The highest BCUT2D eigenvalue weighted by molar-refractivity contribution is 5.92. The van der Waals surface area contributed by atoms with E-state index in [-0.39, 0.29) is 18.1 Å². The van der Waals surface area contributed by atoms with Crippen molar-refractivity contribution in [3.63, 3.8) is 0 Å². The third-order valence-corrected chi connectivity index (χ3v) is 4.82. The zero-order valence-electron chi connectivity index (χ0n) is 13.6. The van der Waals surface area contributed by atoms with Gasteiger partial charge in [0.1, 0.15) is 5.69 Å². The number of nitrogens with zero attached hydrogens (tertiary/aromatic N) is 4. The number of aromatic nitrogens is 3. The molecular formula is C17H21N5O2. The molecule has 0 aromatic carbocycles. The lowest BCUT2D eigenvalue weighted by atomic mass is 10.0. The van der Waals surface area contributed by atoms with Gasteiger partial charge in [-0.15, -0.1) is 0 Å². The van der Waals surface area contributed by atoms with Crippen LogP contribution < -0.4 is 10.2 Å². The molecule has 4 rings (SSSR count). The second kappa shape index (κ2) is 6.24. The summed E-state index contributed by atoms with van der Waals surface area (Å²) < 4.78 is 7.93. The van der Waals surface area contributed by atoms with E-state index in [1.165, 1.54) is 0 Å². The predicted octanol–water partition coefficient (Wildman–Crippen LogP) is 0.839. The Balaban J connectivity index is 1.29. The highest BCUT2D eigenvalue weighted by Gasteiger charge is 2.42. The molecule has 1 N–H and O–H groups in total. The molecule has 126 valence electrons. The van der Waals surface area contributed by atoms with E-state index < -0.39 is 0 Å². The Kier molecular flexibility index (Phi) is 3.93. The van der Waals surface area contributed by atoms with E-state index in [0.717, 1.165) is 25.5 Å². The summed E-state index contributed by atoms with van der Waals surface area (Å²) in [5.41, 5.74) is 0.667. The van der Waals surface area contributed by atoms with Gasteiger partial charge in [-0.25, -0.2) is 9.97 Å². The molecule has 0 aliphatic carbocycles. The molecule has 3 atom stereocenters. The molecule has 2 aliphatic heterocycles. The zero-order chi connectivity index (χ0) is 16.5. The topological polar surface area (TPSA) is 72.3 Å². The fourth-order valence-corrected chi connectivity index (χ4v) is 3.61. The van der Waals surface area contributed by atoms with Crippen LogP contribution in [-0.4, -0.2) is 52.3 Å². The Morgan fingerprint density at radius 1 is 1.33 bits per heavy atom. The van der Waals surface area contributed by atoms with Crippen molar-refractivity contribution in [3.8, 4) is 0 Å². The molecule has 4 heterocycles. The molecule has 0 saturated carbocycles. The van der Waals surface area contributed by atoms with Gasteiger partial charge in [-0.05, 0) is 24.6 Å². The Morgan fingerprint density at radius 3 is 2.88 bits per heavy atom. The number of aryl methyl sites for hydroxylation is 1. The van der Waals surface area contributed by atoms with Crippen LogP contribution in [0.3, 0.4) is 0 Å². The fourth-order valence-electron chi connectivity index (χ4n) is 3.61. The van der Waals surface area contributed by atoms with E-state index in [0.29, 0.717) is 18.2 Å². The first-order valence-electron chi connectivity index (χ1n) is 8.27. The Morgan fingerprint density at radius 2 is 2.17 bits per heavy atom. The zero-order valence-corrected chi connectivity index (χ0v) is 13.6. The van der Waals surface area contributed by atoms with Crippen molar-refractivity contribution in [3.05, 3.63) is 42.5 Å². The number of amides is 1. The average Bonchev–Trinajstić information content (AvgIpc) is 3.27. The number of carbonyl (C=O) groups excluding carboxylic acids is 1. The monoisotopic (exact) mass is 327 g/mol. The van der Waals surface area contributed by atoms with Crippen LogP contribution in [0.1, 0.15) is 16.9 Å². The molecule has 2 fully saturated rings. The number of anilines is 1. The molecule has 1 amide bonds. The maximum atomic E-state index is 12.2. The van der Waals surface area contributed by atoms with Gasteiger partial charge in [-0.1, -0.05) is 0 Å². The summed E-state index contributed by atoms with van der Waals surface area (Å²) >= 11 is 0. The van der Waals surface area contributed by atoms with Crippen molar-refractivity contribution >= 4 is 11.9 Å². The van der Waals surface area contributed by atoms with Crippen LogP contribution in [0.2, 0.25) is 0 Å². The van der Waals surface area contributed by atoms with Crippen LogP contribution in [0.25, 0.3) is 0 Å². The first kappa shape index (κ1) is 15.1. The van der Waals surface area contributed by atoms with E-state index in [2.05, 4.69) is 20.2 Å². The molecule has 2 saturated heterocycles. The fraction of sp³-hybridized carbons (Fsp3) is 0.471. The van der Waals surface area contributed by atoms with E-state index in [1.54, 1.807) is 12.4 Å². The van der Waals surface area contributed by atoms with E-state index in [4.69, 9.17) is 4.74 Å². The quantitative estimate of drug-likeness (QED) is 0.901. The summed E-state index contributed by atoms with van der Waals surface area (Å²) in [4.78, 5) is 22.9. The molecule has 0 radical (unpaired) electrons. The van der Waals surface area contributed by atoms with E-state index in [9.17, 15) is 4.79 Å². The van der Waals surface area contributed by atoms with E-state index in [1.807, 2.05) is 36.0 Å². The van der Waals surface area contributed by atoms with Crippen molar-refractivity contribution in [2.45, 2.75) is 18.6 Å². The highest BCUT2D eigenvalue weighted by Crippen LogP contribution is 2.33. The Labute approximate surface area is 140 Å². The minimum atomic E-state index is -0.0533. The van der Waals surface area contributed by atoms with Gasteiger partial charge in [-0.2, -0.15) is 0 Å². The van der Waals surface area contributed by atoms with Crippen LogP contribution in [0.5, 0.6) is 0 Å². The number of rotatable bonds is 4. The SMILES string of the molecule is Cn1cccc1C(=O)NC[C@@H]1C[C@H]2CN(c3ncccn3)C[C@H]2O1. The van der Waals surface area contributed by atoms with Crippen LogP contribution in [0, 0.1) is 5.92 Å². The molecule has 0 spiro atoms. The lowest BCUT2D eigenvalue weighted by molar-refractivity contribution is 0.0478. The minimum Gasteiger partial charge on any atom is -0.371 e. The lowest BCUT2D eigenvalue weighted by Crippen LogP contribution is -2.34. The molecular weight excluding hydrogens is 306 g/mol. The first-order valence-corrected chi connectivity index (χ1v) is 8.27. The average molecular weight is 327 g/mol. The van der Waals surface area contributed by atoms with Crippen LogP contribution in [-0.2, 0) is 11.8 Å². The maximum Gasteiger partial charge on any atom is 0.267 e. The molecule has 0 unspecified atom stereocenters. The second-order valence-corrected chi connectivity index (χ2v) is 6.46. The molecule has 2 aliphatic rings. The number of carbonyl (C=O) groups is 1. The van der Waals surface area contributed by atoms with Gasteiger partial charge in [0.15, 0.2) is 0 Å². The third-order valence-electron chi connectivity index (χ3n) is 4.82. The molecule has 7 heteroatoms. The van der Waals surface area contributed by atoms with Gasteiger partial charge in [0, 0.05) is 51.2 Å². The van der Waals surface area contributed by atoms with Crippen LogP contribution in [0.4, 0.5) is 5.95 Å². The summed E-state index contributed by atoms with van der Waals surface area (Å²) in [6.45, 7) is 2.28. The predicted molar refractivity (Wildman–Crippen MR) is 88.8 cm³/mol. The van der Waals surface area contributed by atoms with Gasteiger partial charge in [0.25, 0.3) is 5.91 Å². The normalized spacial score (nSPS) is 25.7. The van der Waals surface area contributed by atoms with Crippen molar-refractivity contribution in [1.29, 1.82) is 0 Å². The maximum absolute atomic E-state index is 12.2.